The zero-order chi connectivity index (χ0) is 15.2. The minimum absolute atomic E-state index is 0. The van der Waals surface area contributed by atoms with E-state index in [1.54, 1.807) is 12.1 Å². The summed E-state index contributed by atoms with van der Waals surface area (Å²) in [5.41, 5.74) is 0.989. The summed E-state index contributed by atoms with van der Waals surface area (Å²) in [4.78, 5) is 20.3. The van der Waals surface area contributed by atoms with Gasteiger partial charge in [0, 0.05) is 4.90 Å². The average molecular weight is 344 g/mol. The summed E-state index contributed by atoms with van der Waals surface area (Å²) in [6, 6.07) is 6.32. The number of benzene rings is 1. The van der Waals surface area contributed by atoms with E-state index >= 15 is 0 Å². The van der Waals surface area contributed by atoms with Crippen molar-refractivity contribution in [2.24, 2.45) is 0 Å². The molecule has 1 aromatic rings. The number of halogens is 1. The Morgan fingerprint density at radius 3 is 1.81 bits per heavy atom. The first-order chi connectivity index (χ1) is 9.35. The van der Waals surface area contributed by atoms with Crippen molar-refractivity contribution in [3.8, 4) is 0 Å². The van der Waals surface area contributed by atoms with Gasteiger partial charge in [-0.25, -0.2) is 18.0 Å². The van der Waals surface area contributed by atoms with Crippen LogP contribution in [0.25, 0.3) is 4.24 Å². The van der Waals surface area contributed by atoms with Crippen molar-refractivity contribution < 1.29 is 57.0 Å². The second kappa shape index (κ2) is 9.39. The fraction of sp³-hybridized carbons (Fsp3) is 0.273. The molecule has 0 spiro atoms. The number of hydrogen-bond acceptors (Lipinski definition) is 6. The fourth-order valence-electron chi connectivity index (χ4n) is 1.11. The van der Waals surface area contributed by atoms with E-state index in [1.165, 1.54) is 12.1 Å². The van der Waals surface area contributed by atoms with E-state index in [2.05, 4.69) is 13.7 Å². The van der Waals surface area contributed by atoms with Gasteiger partial charge in [0.15, 0.2) is 13.2 Å². The van der Waals surface area contributed by atoms with Gasteiger partial charge in [0.2, 0.25) is 0 Å². The van der Waals surface area contributed by atoms with Crippen LogP contribution in [0.5, 0.6) is 0 Å². The fourth-order valence-corrected chi connectivity index (χ4v) is 1.91. The molecule has 110 valence electrons. The Bertz CT molecular complexity index is 561. The van der Waals surface area contributed by atoms with E-state index in [0.717, 1.165) is 5.56 Å². The van der Waals surface area contributed by atoms with Gasteiger partial charge in [0.05, 0.1) is 0 Å². The van der Waals surface area contributed by atoms with Crippen LogP contribution < -0.4 is 29.6 Å². The van der Waals surface area contributed by atoms with Crippen LogP contribution in [0.15, 0.2) is 29.2 Å². The van der Waals surface area contributed by atoms with Crippen molar-refractivity contribution in [1.29, 1.82) is 0 Å². The van der Waals surface area contributed by atoms with Gasteiger partial charge in [-0.05, 0) is 19.1 Å². The molecule has 0 amide bonds. The first kappa shape index (κ1) is 20.4. The molecular weight excluding hydrogens is 333 g/mol. The van der Waals surface area contributed by atoms with Gasteiger partial charge in [0.1, 0.15) is 10.0 Å². The minimum Gasteiger partial charge on any atom is -0.458 e. The number of carbonyl (C=O) groups excluding carboxylic acids is 2. The van der Waals surface area contributed by atoms with Crippen molar-refractivity contribution in [3.63, 3.8) is 0 Å². The van der Waals surface area contributed by atoms with Gasteiger partial charge < -0.3 is 13.7 Å². The Balaban J connectivity index is 0.000000390. The van der Waals surface area contributed by atoms with Crippen LogP contribution >= 0.6 is 11.8 Å². The quantitative estimate of drug-likeness (QED) is 0.469. The van der Waals surface area contributed by atoms with Crippen LogP contribution in [0.3, 0.4) is 0 Å². The SMILES string of the molecule is Cc1ccc(S(=O)(=O)[N-]Cl)cc1.O=C1COC(=O)CO1.[Na+]. The van der Waals surface area contributed by atoms with E-state index in [1.807, 2.05) is 6.92 Å². The Kier molecular flexibility index (Phi) is 9.11. The van der Waals surface area contributed by atoms with Crippen LogP contribution in [0, 0.1) is 6.92 Å². The summed E-state index contributed by atoms with van der Waals surface area (Å²) in [5.74, 6) is -0.964. The van der Waals surface area contributed by atoms with Crippen LogP contribution in [0.4, 0.5) is 0 Å². The molecule has 10 heteroatoms. The Morgan fingerprint density at radius 2 is 1.48 bits per heavy atom. The summed E-state index contributed by atoms with van der Waals surface area (Å²) in [6.45, 7) is 1.39. The molecule has 1 aliphatic heterocycles. The number of hydrogen-bond donors (Lipinski definition) is 0. The smallest absolute Gasteiger partial charge is 0.458 e. The molecule has 1 aromatic carbocycles. The predicted octanol–water partition coefficient (Wildman–Crippen LogP) is -1.70. The standard InChI is InChI=1S/C7H7ClNO2S.C4H4O4.Na/c1-6-2-4-7(5-3-6)12(10,11)9-8;5-3-1-7-4(6)2-8-3;/h2-5H,1H3;1-2H2;/q-1;;+1. The molecule has 0 unspecified atom stereocenters. The molecular formula is C11H11ClNNaO6S. The summed E-state index contributed by atoms with van der Waals surface area (Å²) in [5, 5.41) is 0. The molecule has 0 bridgehead atoms. The number of carbonyl (C=O) groups is 2. The number of rotatable bonds is 2. The molecule has 1 fully saturated rings. The zero-order valence-electron chi connectivity index (χ0n) is 11.4. The molecule has 21 heavy (non-hydrogen) atoms. The molecule has 7 nitrogen and oxygen atoms in total. The van der Waals surface area contributed by atoms with E-state index in [9.17, 15) is 18.0 Å². The molecule has 0 aliphatic carbocycles. The first-order valence-electron chi connectivity index (χ1n) is 5.31. The van der Waals surface area contributed by atoms with Crippen LogP contribution in [0.1, 0.15) is 5.56 Å². The Morgan fingerprint density at radius 1 is 1.05 bits per heavy atom. The van der Waals surface area contributed by atoms with Crippen molar-refractivity contribution in [1.82, 2.24) is 0 Å². The molecule has 1 aliphatic rings. The molecule has 1 heterocycles. The molecule has 0 N–H and O–H groups in total. The maximum Gasteiger partial charge on any atom is 1.00 e. The third-order valence-electron chi connectivity index (χ3n) is 2.11. The topological polar surface area (TPSA) is 101 Å². The van der Waals surface area contributed by atoms with E-state index in [0.29, 0.717) is 0 Å². The van der Waals surface area contributed by atoms with Crippen LogP contribution in [0.2, 0.25) is 0 Å². The molecule has 0 radical (unpaired) electrons. The maximum absolute atomic E-state index is 11.0. The second-order valence-corrected chi connectivity index (χ2v) is 5.65. The minimum atomic E-state index is -3.62. The molecule has 0 saturated carbocycles. The summed E-state index contributed by atoms with van der Waals surface area (Å²) < 4.78 is 33.3. The van der Waals surface area contributed by atoms with Crippen LogP contribution in [-0.4, -0.2) is 33.6 Å². The zero-order valence-corrected chi connectivity index (χ0v) is 15.0. The molecule has 0 aromatic heterocycles. The van der Waals surface area contributed by atoms with E-state index in [-0.39, 0.29) is 47.7 Å². The van der Waals surface area contributed by atoms with Crippen molar-refractivity contribution in [2.45, 2.75) is 11.8 Å². The summed E-state index contributed by atoms with van der Waals surface area (Å²) >= 11 is 4.90. The van der Waals surface area contributed by atoms with Gasteiger partial charge in [-0.15, -0.1) is 0 Å². The average Bonchev–Trinajstić information content (AvgIpc) is 2.43. The number of sulfonamides is 1. The summed E-state index contributed by atoms with van der Waals surface area (Å²) in [7, 11) is -3.62. The van der Waals surface area contributed by atoms with Crippen LogP contribution in [-0.2, 0) is 29.1 Å². The van der Waals surface area contributed by atoms with Gasteiger partial charge in [-0.1, -0.05) is 17.7 Å². The van der Waals surface area contributed by atoms with E-state index in [4.69, 9.17) is 11.8 Å². The van der Waals surface area contributed by atoms with E-state index < -0.39 is 22.0 Å². The van der Waals surface area contributed by atoms with Crippen molar-refractivity contribution >= 4 is 33.7 Å². The van der Waals surface area contributed by atoms with Gasteiger partial charge in [0.25, 0.3) is 0 Å². The van der Waals surface area contributed by atoms with Crippen molar-refractivity contribution in [2.75, 3.05) is 13.2 Å². The number of cyclic esters (lactones) is 2. The summed E-state index contributed by atoms with van der Waals surface area (Å²) in [6.07, 6.45) is 0. The second-order valence-electron chi connectivity index (χ2n) is 3.68. The third kappa shape index (κ3) is 7.25. The number of ether oxygens (including phenoxy) is 2. The van der Waals surface area contributed by atoms with Gasteiger partial charge in [-0.3, -0.25) is 11.8 Å². The molecule has 1 saturated heterocycles. The van der Waals surface area contributed by atoms with Crippen molar-refractivity contribution in [3.05, 3.63) is 34.1 Å². The largest absolute Gasteiger partial charge is 1.00 e. The first-order valence-corrected chi connectivity index (χ1v) is 7.09. The molecule has 0 atom stereocenters. The number of aryl methyl sites for hydroxylation is 1. The normalized spacial score (nSPS) is 14.0. The number of esters is 2. The Labute approximate surface area is 149 Å². The monoisotopic (exact) mass is 343 g/mol. The maximum atomic E-state index is 11.0. The third-order valence-corrected chi connectivity index (χ3v) is 3.71. The predicted molar refractivity (Wildman–Crippen MR) is 69.5 cm³/mol. The molecule has 2 rings (SSSR count). The van der Waals surface area contributed by atoms with Gasteiger partial charge >= 0.3 is 41.5 Å². The number of nitrogens with zero attached hydrogens (tertiary/aromatic N) is 1. The Hall–Kier alpha value is -0.640. The van der Waals surface area contributed by atoms with Gasteiger partial charge in [-0.2, -0.15) is 0 Å².